The summed E-state index contributed by atoms with van der Waals surface area (Å²) in [6.45, 7) is 3.87. The number of aromatic nitrogens is 2. The molecule has 4 nitrogen and oxygen atoms in total. The predicted molar refractivity (Wildman–Crippen MR) is 73.2 cm³/mol. The van der Waals surface area contributed by atoms with E-state index < -0.39 is 0 Å². The Morgan fingerprint density at radius 2 is 1.94 bits per heavy atom. The summed E-state index contributed by atoms with van der Waals surface area (Å²) in [5.41, 5.74) is 1.18. The van der Waals surface area contributed by atoms with Crippen LogP contribution in [0.3, 0.4) is 0 Å². The summed E-state index contributed by atoms with van der Waals surface area (Å²) < 4.78 is 5.55. The standard InChI is InChI=1S/C13H15N3O.ClH/c1-2-14-10-11-5-3-6-12(9-11)17-13-15-7-4-8-16-13;/h3-9,14H,2,10H2,1H3;1H. The van der Waals surface area contributed by atoms with Crippen molar-refractivity contribution in [3.05, 3.63) is 48.3 Å². The van der Waals surface area contributed by atoms with Crippen LogP contribution in [0.4, 0.5) is 0 Å². The highest BCUT2D eigenvalue weighted by Crippen LogP contribution is 2.18. The summed E-state index contributed by atoms with van der Waals surface area (Å²) in [4.78, 5) is 8.03. The van der Waals surface area contributed by atoms with Crippen LogP contribution in [0.1, 0.15) is 12.5 Å². The number of ether oxygens (including phenoxy) is 1. The second-order valence-electron chi connectivity index (χ2n) is 3.56. The van der Waals surface area contributed by atoms with Crippen LogP contribution in [-0.4, -0.2) is 16.5 Å². The largest absolute Gasteiger partial charge is 0.424 e. The minimum Gasteiger partial charge on any atom is -0.424 e. The minimum absolute atomic E-state index is 0. The van der Waals surface area contributed by atoms with Crippen molar-refractivity contribution in [3.63, 3.8) is 0 Å². The second-order valence-corrected chi connectivity index (χ2v) is 3.56. The monoisotopic (exact) mass is 265 g/mol. The first-order chi connectivity index (χ1) is 8.38. The number of hydrogen-bond donors (Lipinski definition) is 1. The third-order valence-electron chi connectivity index (χ3n) is 2.23. The van der Waals surface area contributed by atoms with Crippen LogP contribution in [0.5, 0.6) is 11.8 Å². The van der Waals surface area contributed by atoms with Gasteiger partial charge in [-0.05, 0) is 30.3 Å². The average Bonchev–Trinajstić information content (AvgIpc) is 2.38. The van der Waals surface area contributed by atoms with Gasteiger partial charge >= 0.3 is 6.01 Å². The summed E-state index contributed by atoms with van der Waals surface area (Å²) in [6, 6.07) is 10.0. The molecular weight excluding hydrogens is 250 g/mol. The molecule has 0 unspecified atom stereocenters. The summed E-state index contributed by atoms with van der Waals surface area (Å²) in [5.74, 6) is 0.756. The Kier molecular flexibility index (Phi) is 6.11. The van der Waals surface area contributed by atoms with Gasteiger partial charge in [-0.3, -0.25) is 0 Å². The molecule has 0 saturated heterocycles. The highest BCUT2D eigenvalue weighted by molar-refractivity contribution is 5.85. The van der Waals surface area contributed by atoms with Gasteiger partial charge in [-0.2, -0.15) is 0 Å². The van der Waals surface area contributed by atoms with Crippen LogP contribution in [-0.2, 0) is 6.54 Å². The van der Waals surface area contributed by atoms with E-state index in [1.165, 1.54) is 5.56 Å². The Labute approximate surface area is 113 Å². The second kappa shape index (κ2) is 7.63. The third kappa shape index (κ3) is 4.31. The first-order valence-corrected chi connectivity index (χ1v) is 5.63. The molecule has 0 radical (unpaired) electrons. The van der Waals surface area contributed by atoms with E-state index in [1.807, 2.05) is 18.2 Å². The van der Waals surface area contributed by atoms with E-state index >= 15 is 0 Å². The zero-order valence-electron chi connectivity index (χ0n) is 10.2. The maximum atomic E-state index is 5.55. The summed E-state index contributed by atoms with van der Waals surface area (Å²) in [7, 11) is 0. The maximum absolute atomic E-state index is 5.55. The molecular formula is C13H16ClN3O. The number of rotatable bonds is 5. The summed E-state index contributed by atoms with van der Waals surface area (Å²) in [6.07, 6.45) is 3.32. The van der Waals surface area contributed by atoms with E-state index in [4.69, 9.17) is 4.74 Å². The molecule has 0 aliphatic heterocycles. The molecule has 0 bridgehead atoms. The smallest absolute Gasteiger partial charge is 0.321 e. The number of nitrogens with zero attached hydrogens (tertiary/aromatic N) is 2. The van der Waals surface area contributed by atoms with Crippen molar-refractivity contribution < 1.29 is 4.74 Å². The van der Waals surface area contributed by atoms with Crippen LogP contribution < -0.4 is 10.1 Å². The molecule has 0 saturated carbocycles. The van der Waals surface area contributed by atoms with Gasteiger partial charge in [-0.25, -0.2) is 9.97 Å². The zero-order valence-corrected chi connectivity index (χ0v) is 11.0. The molecule has 1 N–H and O–H groups in total. The van der Waals surface area contributed by atoms with E-state index in [1.54, 1.807) is 18.5 Å². The van der Waals surface area contributed by atoms with E-state index in [0.717, 1.165) is 18.8 Å². The van der Waals surface area contributed by atoms with Crippen LogP contribution in [0, 0.1) is 0 Å². The molecule has 0 spiro atoms. The molecule has 0 atom stereocenters. The molecule has 1 heterocycles. The van der Waals surface area contributed by atoms with Crippen molar-refractivity contribution >= 4 is 12.4 Å². The quantitative estimate of drug-likeness (QED) is 0.903. The highest BCUT2D eigenvalue weighted by Gasteiger charge is 2.00. The van der Waals surface area contributed by atoms with Crippen LogP contribution in [0.2, 0.25) is 0 Å². The lowest BCUT2D eigenvalue weighted by molar-refractivity contribution is 0.441. The van der Waals surface area contributed by atoms with Gasteiger partial charge in [-0.1, -0.05) is 19.1 Å². The first-order valence-electron chi connectivity index (χ1n) is 5.63. The predicted octanol–water partition coefficient (Wildman–Crippen LogP) is 2.80. The molecule has 1 aromatic carbocycles. The first kappa shape index (κ1) is 14.4. The normalized spacial score (nSPS) is 9.61. The van der Waals surface area contributed by atoms with E-state index in [9.17, 15) is 0 Å². The van der Waals surface area contributed by atoms with E-state index in [2.05, 4.69) is 28.3 Å². The molecule has 2 rings (SSSR count). The maximum Gasteiger partial charge on any atom is 0.321 e. The summed E-state index contributed by atoms with van der Waals surface area (Å²) in [5, 5.41) is 3.27. The van der Waals surface area contributed by atoms with Gasteiger partial charge in [0.05, 0.1) is 0 Å². The summed E-state index contributed by atoms with van der Waals surface area (Å²) >= 11 is 0. The Bertz CT molecular complexity index is 465. The third-order valence-corrected chi connectivity index (χ3v) is 2.23. The fourth-order valence-electron chi connectivity index (χ4n) is 1.43. The fraction of sp³-hybridized carbons (Fsp3) is 0.231. The Morgan fingerprint density at radius 1 is 1.17 bits per heavy atom. The van der Waals surface area contributed by atoms with Crippen molar-refractivity contribution in [1.82, 2.24) is 15.3 Å². The number of hydrogen-bond acceptors (Lipinski definition) is 4. The lowest BCUT2D eigenvalue weighted by Gasteiger charge is -2.06. The molecule has 0 aliphatic rings. The highest BCUT2D eigenvalue weighted by atomic mass is 35.5. The Morgan fingerprint density at radius 3 is 2.67 bits per heavy atom. The lowest BCUT2D eigenvalue weighted by atomic mass is 10.2. The van der Waals surface area contributed by atoms with Crippen LogP contribution >= 0.6 is 12.4 Å². The molecule has 0 fully saturated rings. The van der Waals surface area contributed by atoms with E-state index in [0.29, 0.717) is 6.01 Å². The number of nitrogens with one attached hydrogen (secondary N) is 1. The van der Waals surface area contributed by atoms with Crippen molar-refractivity contribution in [2.24, 2.45) is 0 Å². The SMILES string of the molecule is CCNCc1cccc(Oc2ncccn2)c1.Cl. The minimum atomic E-state index is 0. The Hall–Kier alpha value is -1.65. The molecule has 96 valence electrons. The van der Waals surface area contributed by atoms with Gasteiger partial charge in [0.1, 0.15) is 5.75 Å². The molecule has 5 heteroatoms. The molecule has 0 aliphatic carbocycles. The van der Waals surface area contributed by atoms with Crippen LogP contribution in [0.25, 0.3) is 0 Å². The molecule has 1 aromatic heterocycles. The van der Waals surface area contributed by atoms with Crippen molar-refractivity contribution in [2.45, 2.75) is 13.5 Å². The van der Waals surface area contributed by atoms with Gasteiger partial charge in [0.25, 0.3) is 0 Å². The molecule has 2 aromatic rings. The molecule has 0 amide bonds. The fourth-order valence-corrected chi connectivity index (χ4v) is 1.43. The Balaban J connectivity index is 0.00000162. The van der Waals surface area contributed by atoms with Crippen molar-refractivity contribution in [1.29, 1.82) is 0 Å². The van der Waals surface area contributed by atoms with Gasteiger partial charge in [0.15, 0.2) is 0 Å². The zero-order chi connectivity index (χ0) is 11.9. The topological polar surface area (TPSA) is 47.0 Å². The number of halogens is 1. The van der Waals surface area contributed by atoms with Gasteiger partial charge < -0.3 is 10.1 Å². The van der Waals surface area contributed by atoms with Crippen molar-refractivity contribution in [2.75, 3.05) is 6.54 Å². The number of benzene rings is 1. The average molecular weight is 266 g/mol. The van der Waals surface area contributed by atoms with Gasteiger partial charge in [-0.15, -0.1) is 12.4 Å². The molecule has 18 heavy (non-hydrogen) atoms. The van der Waals surface area contributed by atoms with Crippen LogP contribution in [0.15, 0.2) is 42.7 Å². The van der Waals surface area contributed by atoms with Gasteiger partial charge in [0, 0.05) is 18.9 Å². The van der Waals surface area contributed by atoms with E-state index in [-0.39, 0.29) is 12.4 Å². The lowest BCUT2D eigenvalue weighted by Crippen LogP contribution is -2.11. The van der Waals surface area contributed by atoms with Gasteiger partial charge in [0.2, 0.25) is 0 Å². The van der Waals surface area contributed by atoms with Crippen molar-refractivity contribution in [3.8, 4) is 11.8 Å².